The number of fused-ring (bicyclic) bond motifs is 1. The Balaban J connectivity index is 0.00000242. The van der Waals surface area contributed by atoms with Gasteiger partial charge in [-0.15, -0.1) is 0 Å². The van der Waals surface area contributed by atoms with Crippen molar-refractivity contribution in [2.45, 2.75) is 48.3 Å². The molecule has 0 amide bonds. The standard InChI is InChI=1S/C11H21NO7S2.Na/c1-12-9-4-7(20(14,15)16)2-6-3-8(21(17,18)19)5-10(13)11(6)9;/h6-13H,2-5H2,1H3,(H,14,15,16)(H,17,18,19);/q;+1/p-1. The molecule has 0 bridgehead atoms. The number of nitrogens with one attached hydrogen (secondary N) is 1. The maximum atomic E-state index is 11.3. The van der Waals surface area contributed by atoms with Crippen molar-refractivity contribution in [2.75, 3.05) is 7.05 Å². The fourth-order valence-electron chi connectivity index (χ4n) is 3.85. The molecule has 8 nitrogen and oxygen atoms in total. The molecule has 0 saturated heterocycles. The fraction of sp³-hybridized carbons (Fsp3) is 1.00. The SMILES string of the molecule is CNC1CC(S(=O)(=O)[O-])CC2CC(S(=O)(=O)O)CC(O)C21.[Na+]. The molecule has 22 heavy (non-hydrogen) atoms. The average molecular weight is 365 g/mol. The second-order valence-electron chi connectivity index (χ2n) is 5.99. The van der Waals surface area contributed by atoms with Gasteiger partial charge in [-0.3, -0.25) is 4.55 Å². The molecular weight excluding hydrogens is 345 g/mol. The summed E-state index contributed by atoms with van der Waals surface area (Å²) in [6.07, 6.45) is -0.838. The number of aliphatic hydroxyl groups is 1. The topological polar surface area (TPSA) is 144 Å². The molecule has 6 unspecified atom stereocenters. The van der Waals surface area contributed by atoms with Crippen LogP contribution >= 0.6 is 0 Å². The summed E-state index contributed by atoms with van der Waals surface area (Å²) >= 11 is 0. The summed E-state index contributed by atoms with van der Waals surface area (Å²) in [5.41, 5.74) is 0. The first-order chi connectivity index (χ1) is 9.54. The Morgan fingerprint density at radius 2 is 1.59 bits per heavy atom. The van der Waals surface area contributed by atoms with E-state index in [9.17, 15) is 26.5 Å². The molecule has 2 saturated carbocycles. The number of hydrogen-bond acceptors (Lipinski definition) is 7. The van der Waals surface area contributed by atoms with Gasteiger partial charge in [0.25, 0.3) is 10.1 Å². The molecule has 2 aliphatic carbocycles. The summed E-state index contributed by atoms with van der Waals surface area (Å²) < 4.78 is 65.5. The van der Waals surface area contributed by atoms with Crippen LogP contribution in [0.4, 0.5) is 0 Å². The van der Waals surface area contributed by atoms with Crippen LogP contribution in [0.3, 0.4) is 0 Å². The molecule has 2 aliphatic rings. The second-order valence-corrected chi connectivity index (χ2v) is 9.34. The predicted octanol–water partition coefficient (Wildman–Crippen LogP) is -4.07. The fourth-order valence-corrected chi connectivity index (χ4v) is 5.70. The molecule has 6 atom stereocenters. The molecule has 0 aromatic heterocycles. The van der Waals surface area contributed by atoms with Crippen molar-refractivity contribution in [1.29, 1.82) is 0 Å². The van der Waals surface area contributed by atoms with Crippen LogP contribution in [0.2, 0.25) is 0 Å². The maximum Gasteiger partial charge on any atom is 1.00 e. The average Bonchev–Trinajstić information content (AvgIpc) is 2.34. The molecule has 0 radical (unpaired) electrons. The van der Waals surface area contributed by atoms with Gasteiger partial charge >= 0.3 is 29.6 Å². The summed E-state index contributed by atoms with van der Waals surface area (Å²) in [7, 11) is -7.15. The molecule has 0 heterocycles. The van der Waals surface area contributed by atoms with E-state index in [0.29, 0.717) is 0 Å². The molecule has 124 valence electrons. The van der Waals surface area contributed by atoms with Gasteiger partial charge in [0.1, 0.15) is 0 Å². The zero-order valence-electron chi connectivity index (χ0n) is 12.5. The molecule has 2 fully saturated rings. The smallest absolute Gasteiger partial charge is 0.748 e. The summed E-state index contributed by atoms with van der Waals surface area (Å²) in [6.45, 7) is 0. The molecule has 2 rings (SSSR count). The van der Waals surface area contributed by atoms with Crippen LogP contribution in [0, 0.1) is 11.8 Å². The first kappa shape index (κ1) is 20.8. The van der Waals surface area contributed by atoms with Gasteiger partial charge in [0, 0.05) is 12.0 Å². The van der Waals surface area contributed by atoms with E-state index in [1.54, 1.807) is 7.05 Å². The van der Waals surface area contributed by atoms with E-state index in [1.165, 1.54) is 0 Å². The Labute approximate surface area is 152 Å². The van der Waals surface area contributed by atoms with E-state index in [1.807, 2.05) is 0 Å². The molecule has 0 spiro atoms. The first-order valence-corrected chi connectivity index (χ1v) is 9.77. The summed E-state index contributed by atoms with van der Waals surface area (Å²) in [5, 5.41) is 10.9. The first-order valence-electron chi connectivity index (χ1n) is 6.80. The van der Waals surface area contributed by atoms with Gasteiger partial charge in [-0.2, -0.15) is 8.42 Å². The van der Waals surface area contributed by atoms with Crippen LogP contribution in [0.25, 0.3) is 0 Å². The minimum atomic E-state index is -4.47. The second kappa shape index (κ2) is 7.32. The van der Waals surface area contributed by atoms with Gasteiger partial charge in [0.15, 0.2) is 0 Å². The van der Waals surface area contributed by atoms with Crippen LogP contribution < -0.4 is 34.9 Å². The monoisotopic (exact) mass is 365 g/mol. The van der Waals surface area contributed by atoms with E-state index < -0.39 is 42.8 Å². The Morgan fingerprint density at radius 3 is 2.05 bits per heavy atom. The third-order valence-corrected chi connectivity index (χ3v) is 7.23. The molecule has 0 aliphatic heterocycles. The Kier molecular flexibility index (Phi) is 6.92. The minimum Gasteiger partial charge on any atom is -0.748 e. The molecule has 3 N–H and O–H groups in total. The Hall–Kier alpha value is 0.740. The number of hydrogen-bond donors (Lipinski definition) is 3. The van der Waals surface area contributed by atoms with Gasteiger partial charge < -0.3 is 15.0 Å². The molecule has 11 heteroatoms. The van der Waals surface area contributed by atoms with Crippen molar-refractivity contribution < 1.29 is 60.6 Å². The van der Waals surface area contributed by atoms with Crippen molar-refractivity contribution in [2.24, 2.45) is 11.8 Å². The normalized spacial score (nSPS) is 39.6. The van der Waals surface area contributed by atoms with E-state index in [2.05, 4.69) is 5.32 Å². The molecule has 0 aromatic rings. The number of rotatable bonds is 3. The van der Waals surface area contributed by atoms with Crippen LogP contribution in [-0.4, -0.2) is 60.7 Å². The van der Waals surface area contributed by atoms with E-state index >= 15 is 0 Å². The van der Waals surface area contributed by atoms with Crippen molar-refractivity contribution in [3.8, 4) is 0 Å². The van der Waals surface area contributed by atoms with Crippen LogP contribution in [-0.2, 0) is 20.2 Å². The van der Waals surface area contributed by atoms with Gasteiger partial charge in [-0.05, 0) is 38.6 Å². The number of aliphatic hydroxyl groups excluding tert-OH is 1. The van der Waals surface area contributed by atoms with Crippen molar-refractivity contribution in [1.82, 2.24) is 5.32 Å². The third kappa shape index (κ3) is 4.42. The van der Waals surface area contributed by atoms with Gasteiger partial charge in [-0.1, -0.05) is 0 Å². The van der Waals surface area contributed by atoms with E-state index in [-0.39, 0.29) is 67.2 Å². The maximum absolute atomic E-state index is 11.3. The van der Waals surface area contributed by atoms with Crippen molar-refractivity contribution >= 4 is 20.2 Å². The zero-order valence-corrected chi connectivity index (χ0v) is 16.2. The van der Waals surface area contributed by atoms with Crippen molar-refractivity contribution in [3.05, 3.63) is 0 Å². The largest absolute Gasteiger partial charge is 1.00 e. The summed E-state index contributed by atoms with van der Waals surface area (Å²) in [6, 6.07) is -0.366. The zero-order chi connectivity index (χ0) is 16.0. The van der Waals surface area contributed by atoms with Crippen LogP contribution in [0.15, 0.2) is 0 Å². The van der Waals surface area contributed by atoms with Crippen LogP contribution in [0.1, 0.15) is 25.7 Å². The van der Waals surface area contributed by atoms with Gasteiger partial charge in [0.05, 0.1) is 26.7 Å². The third-order valence-electron chi connectivity index (χ3n) is 4.81. The predicted molar refractivity (Wildman–Crippen MR) is 73.1 cm³/mol. The Bertz CT molecular complexity index is 592. The summed E-state index contributed by atoms with van der Waals surface area (Å²) in [5.74, 6) is -0.744. The molecule has 0 aromatic carbocycles. The van der Waals surface area contributed by atoms with Crippen LogP contribution in [0.5, 0.6) is 0 Å². The van der Waals surface area contributed by atoms with E-state index in [0.717, 1.165) is 0 Å². The quantitative estimate of drug-likeness (QED) is 0.338. The van der Waals surface area contributed by atoms with E-state index in [4.69, 9.17) is 4.55 Å². The van der Waals surface area contributed by atoms with Gasteiger partial charge in [0.2, 0.25) is 0 Å². The Morgan fingerprint density at radius 1 is 1.05 bits per heavy atom. The molecular formula is C11H20NNaO7S2. The minimum absolute atomic E-state index is 0. The van der Waals surface area contributed by atoms with Gasteiger partial charge in [-0.25, -0.2) is 8.42 Å². The summed E-state index contributed by atoms with van der Waals surface area (Å²) in [4.78, 5) is 0. The van der Waals surface area contributed by atoms with Crippen molar-refractivity contribution in [3.63, 3.8) is 0 Å².